The number of benzene rings is 10. The van der Waals surface area contributed by atoms with E-state index in [9.17, 15) is 0 Å². The average molecular weight is 845 g/mol. The molecule has 0 saturated heterocycles. The van der Waals surface area contributed by atoms with E-state index in [4.69, 9.17) is 0 Å². The molecule has 0 amide bonds. The second-order valence-electron chi connectivity index (χ2n) is 18.1. The highest BCUT2D eigenvalue weighted by Gasteiger charge is 2.46. The largest absolute Gasteiger partial charge is 0.311 e. The number of rotatable bonds is 9. The zero-order valence-electron chi connectivity index (χ0n) is 37.1. The molecule has 66 heavy (non-hydrogen) atoms. The molecule has 0 radical (unpaired) electrons. The van der Waals surface area contributed by atoms with Gasteiger partial charge in [0.15, 0.2) is 0 Å². The molecule has 0 unspecified atom stereocenters. The topological polar surface area (TPSA) is 6.48 Å². The Kier molecular flexibility index (Phi) is 9.43. The minimum Gasteiger partial charge on any atom is -0.311 e. The highest BCUT2D eigenvalue weighted by atomic mass is 15.1. The van der Waals surface area contributed by atoms with Gasteiger partial charge in [-0.1, -0.05) is 196 Å². The molecule has 0 aliphatic heterocycles. The predicted octanol–water partition coefficient (Wildman–Crippen LogP) is 17.0. The number of nitrogens with zero attached hydrogens (tertiary/aromatic N) is 2. The number of para-hydroxylation sites is 2. The Balaban J connectivity index is 1.02. The minimum absolute atomic E-state index is 0.131. The zero-order chi connectivity index (χ0) is 44.2. The summed E-state index contributed by atoms with van der Waals surface area (Å²) in [5, 5.41) is 0. The van der Waals surface area contributed by atoms with Gasteiger partial charge in [-0.2, -0.15) is 0 Å². The smallest absolute Gasteiger partial charge is 0.0713 e. The van der Waals surface area contributed by atoms with Crippen LogP contribution in [-0.2, 0) is 10.8 Å². The number of fused-ring (bicyclic) bond motifs is 6. The molecule has 10 aromatic carbocycles. The highest BCUT2D eigenvalue weighted by molar-refractivity contribution is 5.89. The summed E-state index contributed by atoms with van der Waals surface area (Å²) in [7, 11) is 0. The highest BCUT2D eigenvalue weighted by Crippen LogP contribution is 2.57. The lowest BCUT2D eigenvalue weighted by molar-refractivity contribution is 0.660. The van der Waals surface area contributed by atoms with Crippen LogP contribution in [0.5, 0.6) is 0 Å². The van der Waals surface area contributed by atoms with Crippen molar-refractivity contribution in [2.24, 2.45) is 0 Å². The van der Waals surface area contributed by atoms with E-state index in [0.29, 0.717) is 0 Å². The van der Waals surface area contributed by atoms with Crippen molar-refractivity contribution < 1.29 is 0 Å². The van der Waals surface area contributed by atoms with Gasteiger partial charge in [0.2, 0.25) is 0 Å². The molecule has 2 aliphatic carbocycles. The molecule has 12 rings (SSSR count). The molecule has 314 valence electrons. The molecule has 0 bridgehead atoms. The molecular formula is C64H48N2. The second kappa shape index (κ2) is 15.8. The van der Waals surface area contributed by atoms with Crippen molar-refractivity contribution >= 4 is 34.1 Å². The van der Waals surface area contributed by atoms with Gasteiger partial charge in [0.25, 0.3) is 0 Å². The Morgan fingerprint density at radius 3 is 1.17 bits per heavy atom. The summed E-state index contributed by atoms with van der Waals surface area (Å²) >= 11 is 0. The lowest BCUT2D eigenvalue weighted by Gasteiger charge is -2.35. The van der Waals surface area contributed by atoms with Gasteiger partial charge in [0, 0.05) is 39.5 Å². The molecule has 10 aromatic rings. The Hall–Kier alpha value is -8.20. The van der Waals surface area contributed by atoms with E-state index >= 15 is 0 Å². The predicted molar refractivity (Wildman–Crippen MR) is 276 cm³/mol. The van der Waals surface area contributed by atoms with Gasteiger partial charge in [-0.3, -0.25) is 0 Å². The molecule has 0 aromatic heterocycles. The molecule has 0 atom stereocenters. The molecule has 2 aliphatic rings. The van der Waals surface area contributed by atoms with Gasteiger partial charge in [-0.05, 0) is 140 Å². The summed E-state index contributed by atoms with van der Waals surface area (Å²) in [5.74, 6) is 0. The molecule has 0 spiro atoms. The molecule has 2 nitrogen and oxygen atoms in total. The summed E-state index contributed by atoms with van der Waals surface area (Å²) in [5.41, 5.74) is 21.3. The summed E-state index contributed by atoms with van der Waals surface area (Å²) in [6, 6.07) is 93.7. The van der Waals surface area contributed by atoms with Gasteiger partial charge in [0.05, 0.1) is 5.41 Å². The fourth-order valence-electron chi connectivity index (χ4n) is 11.1. The van der Waals surface area contributed by atoms with Gasteiger partial charge < -0.3 is 9.80 Å². The van der Waals surface area contributed by atoms with Crippen molar-refractivity contribution in [1.29, 1.82) is 0 Å². The lowest BCUT2D eigenvalue weighted by Crippen LogP contribution is -2.28. The summed E-state index contributed by atoms with van der Waals surface area (Å²) in [6.07, 6.45) is 0. The number of hydrogen-bond acceptors (Lipinski definition) is 2. The average Bonchev–Trinajstić information content (AvgIpc) is 3.81. The van der Waals surface area contributed by atoms with Crippen LogP contribution < -0.4 is 9.80 Å². The number of anilines is 6. The summed E-state index contributed by atoms with van der Waals surface area (Å²) < 4.78 is 0. The van der Waals surface area contributed by atoms with E-state index in [2.05, 4.69) is 278 Å². The zero-order valence-corrected chi connectivity index (χ0v) is 37.1. The van der Waals surface area contributed by atoms with Gasteiger partial charge in [0.1, 0.15) is 0 Å². The van der Waals surface area contributed by atoms with Gasteiger partial charge in [-0.25, -0.2) is 0 Å². The molecule has 0 heterocycles. The van der Waals surface area contributed by atoms with Crippen molar-refractivity contribution in [1.82, 2.24) is 0 Å². The lowest BCUT2D eigenvalue weighted by atomic mass is 9.67. The molecule has 2 heteroatoms. The summed E-state index contributed by atoms with van der Waals surface area (Å²) in [4.78, 5) is 4.78. The minimum atomic E-state index is -0.560. The maximum Gasteiger partial charge on any atom is 0.0713 e. The van der Waals surface area contributed by atoms with Crippen LogP contribution in [0.4, 0.5) is 34.1 Å². The molecular weight excluding hydrogens is 797 g/mol. The third kappa shape index (κ3) is 6.25. The Labute approximate surface area is 388 Å². The first kappa shape index (κ1) is 39.4. The van der Waals surface area contributed by atoms with Crippen molar-refractivity contribution in [2.75, 3.05) is 9.80 Å². The molecule has 0 N–H and O–H groups in total. The Bertz CT molecular complexity index is 3290. The van der Waals surface area contributed by atoms with Crippen LogP contribution in [0.3, 0.4) is 0 Å². The van der Waals surface area contributed by atoms with Crippen LogP contribution in [0.2, 0.25) is 0 Å². The van der Waals surface area contributed by atoms with Gasteiger partial charge >= 0.3 is 0 Å². The van der Waals surface area contributed by atoms with E-state index in [0.717, 1.165) is 34.1 Å². The summed E-state index contributed by atoms with van der Waals surface area (Å²) in [6.45, 7) is 4.72. The van der Waals surface area contributed by atoms with E-state index in [1.54, 1.807) is 0 Å². The normalized spacial score (nSPS) is 13.5. The Morgan fingerprint density at radius 1 is 0.258 bits per heavy atom. The molecule has 0 saturated carbocycles. The van der Waals surface area contributed by atoms with Crippen molar-refractivity contribution in [3.8, 4) is 33.4 Å². The standard InChI is InChI=1S/C64H48N2/c1-63(2)59-30-15-12-27-55(59)58-42-41-54(44-62(58)63)66(53-26-18-21-46(43-53)45-19-6-3-7-20-45)52-39-35-48(36-40-52)64(60-31-16-13-28-56(60)57-29-14-17-32-61(57)64)47-33-37-51(38-34-47)65(49-22-8-4-9-23-49)50-24-10-5-11-25-50/h3-44H,1-2H3. The van der Waals surface area contributed by atoms with E-state index in [1.165, 1.54) is 66.8 Å². The van der Waals surface area contributed by atoms with Crippen molar-refractivity contribution in [3.05, 3.63) is 288 Å². The maximum absolute atomic E-state index is 2.44. The maximum atomic E-state index is 2.44. The third-order valence-corrected chi connectivity index (χ3v) is 14.1. The fraction of sp³-hybridized carbons (Fsp3) is 0.0625. The Morgan fingerprint density at radius 2 is 0.621 bits per heavy atom. The monoisotopic (exact) mass is 844 g/mol. The van der Waals surface area contributed by atoms with E-state index in [1.807, 2.05) is 0 Å². The van der Waals surface area contributed by atoms with E-state index in [-0.39, 0.29) is 5.41 Å². The van der Waals surface area contributed by atoms with E-state index < -0.39 is 5.41 Å². The van der Waals surface area contributed by atoms with Gasteiger partial charge in [-0.15, -0.1) is 0 Å². The van der Waals surface area contributed by atoms with Crippen LogP contribution in [0, 0.1) is 0 Å². The SMILES string of the molecule is CC1(C)c2ccccc2-c2ccc(N(c3ccc(C4(c5ccc(N(c6ccccc6)c6ccccc6)cc5)c5ccccc5-c5ccccc54)cc3)c3cccc(-c4ccccc4)c3)cc21. The van der Waals surface area contributed by atoms with Crippen molar-refractivity contribution in [3.63, 3.8) is 0 Å². The van der Waals surface area contributed by atoms with Crippen LogP contribution >= 0.6 is 0 Å². The first-order valence-electron chi connectivity index (χ1n) is 23.0. The molecule has 0 fully saturated rings. The second-order valence-corrected chi connectivity index (χ2v) is 18.1. The first-order valence-corrected chi connectivity index (χ1v) is 23.0. The van der Waals surface area contributed by atoms with Crippen molar-refractivity contribution in [2.45, 2.75) is 24.7 Å². The van der Waals surface area contributed by atoms with Crippen LogP contribution in [0.15, 0.2) is 255 Å². The van der Waals surface area contributed by atoms with Crippen LogP contribution in [0.1, 0.15) is 47.2 Å². The quantitative estimate of drug-likeness (QED) is 0.143. The third-order valence-electron chi connectivity index (χ3n) is 14.1. The first-order chi connectivity index (χ1) is 32.5. The number of hydrogen-bond donors (Lipinski definition) is 0. The fourth-order valence-corrected chi connectivity index (χ4v) is 11.1. The van der Waals surface area contributed by atoms with Crippen LogP contribution in [0.25, 0.3) is 33.4 Å². The van der Waals surface area contributed by atoms with Crippen LogP contribution in [-0.4, -0.2) is 0 Å².